The van der Waals surface area contributed by atoms with E-state index in [-0.39, 0.29) is 11.6 Å². The van der Waals surface area contributed by atoms with Gasteiger partial charge in [-0.1, -0.05) is 6.08 Å². The molecule has 0 unspecified atom stereocenters. The van der Waals surface area contributed by atoms with Gasteiger partial charge in [-0.25, -0.2) is 9.78 Å². The lowest BCUT2D eigenvalue weighted by Gasteiger charge is -1.96. The van der Waals surface area contributed by atoms with Crippen molar-refractivity contribution < 1.29 is 14.7 Å². The predicted octanol–water partition coefficient (Wildman–Crippen LogP) is 1.38. The van der Waals surface area contributed by atoms with E-state index in [4.69, 9.17) is 5.11 Å². The van der Waals surface area contributed by atoms with Crippen molar-refractivity contribution >= 4 is 29.3 Å². The van der Waals surface area contributed by atoms with E-state index in [1.807, 2.05) is 6.08 Å². The molecule has 1 heterocycles. The first-order chi connectivity index (χ1) is 7.61. The molecule has 2 N–H and O–H groups in total. The lowest BCUT2D eigenvalue weighted by molar-refractivity contribution is -0.118. The first kappa shape index (κ1) is 12.4. The Morgan fingerprint density at radius 2 is 2.38 bits per heavy atom. The summed E-state index contributed by atoms with van der Waals surface area (Å²) in [7, 11) is 0. The number of thiazole rings is 1. The van der Waals surface area contributed by atoms with Gasteiger partial charge in [-0.3, -0.25) is 4.79 Å². The molecule has 0 saturated heterocycles. The molecule has 6 heteroatoms. The van der Waals surface area contributed by atoms with E-state index < -0.39 is 5.97 Å². The smallest absolute Gasteiger partial charge is 0.356 e. The predicted molar refractivity (Wildman–Crippen MR) is 61.4 cm³/mol. The summed E-state index contributed by atoms with van der Waals surface area (Å²) >= 11 is 1.28. The standard InChI is InChI=1S/C10H12N2O3S/c1-7(13)11-5-3-2-4-8-9(10(14)15)12-6-16-8/h2,4,6H,3,5H2,1H3,(H,11,13)(H,14,15). The number of carboxylic acid groups (broad SMARTS) is 1. The second-order valence-electron chi connectivity index (χ2n) is 3.04. The summed E-state index contributed by atoms with van der Waals surface area (Å²) in [4.78, 5) is 25.6. The average molecular weight is 240 g/mol. The number of nitrogens with zero attached hydrogens (tertiary/aromatic N) is 1. The maximum Gasteiger partial charge on any atom is 0.356 e. The summed E-state index contributed by atoms with van der Waals surface area (Å²) in [5.74, 6) is -1.10. The molecule has 0 fully saturated rings. The number of aromatic nitrogens is 1. The molecule has 0 saturated carbocycles. The zero-order valence-electron chi connectivity index (χ0n) is 8.77. The van der Waals surface area contributed by atoms with Crippen molar-refractivity contribution in [1.82, 2.24) is 10.3 Å². The largest absolute Gasteiger partial charge is 0.476 e. The zero-order chi connectivity index (χ0) is 12.0. The minimum Gasteiger partial charge on any atom is -0.476 e. The van der Waals surface area contributed by atoms with Gasteiger partial charge in [-0.15, -0.1) is 11.3 Å². The van der Waals surface area contributed by atoms with E-state index in [1.54, 1.807) is 6.08 Å². The van der Waals surface area contributed by atoms with Gasteiger partial charge in [0.2, 0.25) is 5.91 Å². The fourth-order valence-corrected chi connectivity index (χ4v) is 1.75. The minimum atomic E-state index is -1.03. The molecule has 5 nitrogen and oxygen atoms in total. The number of carboxylic acids is 1. The van der Waals surface area contributed by atoms with Crippen molar-refractivity contribution in [1.29, 1.82) is 0 Å². The van der Waals surface area contributed by atoms with Gasteiger partial charge in [-0.05, 0) is 12.5 Å². The molecule has 16 heavy (non-hydrogen) atoms. The number of hydrogen-bond acceptors (Lipinski definition) is 4. The number of hydrogen-bond donors (Lipinski definition) is 2. The molecule has 0 aromatic carbocycles. The summed E-state index contributed by atoms with van der Waals surface area (Å²) in [6, 6.07) is 0. The van der Waals surface area contributed by atoms with Crippen molar-refractivity contribution in [2.75, 3.05) is 6.54 Å². The third-order valence-electron chi connectivity index (χ3n) is 1.75. The Morgan fingerprint density at radius 1 is 1.62 bits per heavy atom. The highest BCUT2D eigenvalue weighted by molar-refractivity contribution is 7.10. The van der Waals surface area contributed by atoms with Crippen LogP contribution in [-0.4, -0.2) is 28.5 Å². The molecule has 0 atom stereocenters. The first-order valence-electron chi connectivity index (χ1n) is 4.69. The first-order valence-corrected chi connectivity index (χ1v) is 5.57. The van der Waals surface area contributed by atoms with Gasteiger partial charge in [0.25, 0.3) is 0 Å². The average Bonchev–Trinajstić information content (AvgIpc) is 2.65. The third-order valence-corrected chi connectivity index (χ3v) is 2.55. The van der Waals surface area contributed by atoms with Gasteiger partial charge in [0.1, 0.15) is 0 Å². The van der Waals surface area contributed by atoms with E-state index in [1.165, 1.54) is 23.8 Å². The fraction of sp³-hybridized carbons (Fsp3) is 0.300. The third kappa shape index (κ3) is 3.82. The summed E-state index contributed by atoms with van der Waals surface area (Å²) in [5, 5.41) is 11.4. The van der Waals surface area contributed by atoms with Crippen LogP contribution >= 0.6 is 11.3 Å². The number of amides is 1. The van der Waals surface area contributed by atoms with Crippen molar-refractivity contribution in [2.45, 2.75) is 13.3 Å². The number of rotatable bonds is 5. The second-order valence-corrected chi connectivity index (χ2v) is 3.93. The van der Waals surface area contributed by atoms with Gasteiger partial charge < -0.3 is 10.4 Å². The Morgan fingerprint density at radius 3 is 3.00 bits per heavy atom. The molecule has 1 aromatic rings. The monoisotopic (exact) mass is 240 g/mol. The molecule has 1 amide bonds. The summed E-state index contributed by atoms with van der Waals surface area (Å²) < 4.78 is 0. The van der Waals surface area contributed by atoms with Crippen LogP contribution in [0.3, 0.4) is 0 Å². The molecule has 1 rings (SSSR count). The Bertz CT molecular complexity index is 412. The Hall–Kier alpha value is -1.69. The summed E-state index contributed by atoms with van der Waals surface area (Å²) in [5.41, 5.74) is 1.57. The van der Waals surface area contributed by atoms with Crippen LogP contribution in [0, 0.1) is 0 Å². The highest BCUT2D eigenvalue weighted by Gasteiger charge is 2.10. The number of carbonyl (C=O) groups excluding carboxylic acids is 1. The molecule has 0 aliphatic heterocycles. The SMILES string of the molecule is CC(=O)NCCC=Cc1scnc1C(=O)O. The molecule has 0 radical (unpaired) electrons. The quantitative estimate of drug-likeness (QED) is 0.762. The van der Waals surface area contributed by atoms with Crippen LogP contribution in [-0.2, 0) is 4.79 Å². The van der Waals surface area contributed by atoms with Crippen LogP contribution in [0.15, 0.2) is 11.6 Å². The molecule has 1 aromatic heterocycles. The normalized spacial score (nSPS) is 10.6. The van der Waals surface area contributed by atoms with E-state index >= 15 is 0 Å². The van der Waals surface area contributed by atoms with Crippen LogP contribution in [0.2, 0.25) is 0 Å². The van der Waals surface area contributed by atoms with E-state index in [0.29, 0.717) is 17.8 Å². The maximum atomic E-state index is 10.7. The second kappa shape index (κ2) is 6.02. The van der Waals surface area contributed by atoms with Crippen molar-refractivity contribution in [3.05, 3.63) is 22.2 Å². The van der Waals surface area contributed by atoms with Crippen molar-refractivity contribution in [3.63, 3.8) is 0 Å². The van der Waals surface area contributed by atoms with Crippen LogP contribution in [0.5, 0.6) is 0 Å². The van der Waals surface area contributed by atoms with Gasteiger partial charge in [0.05, 0.1) is 10.4 Å². The molecular formula is C10H12N2O3S. The van der Waals surface area contributed by atoms with Gasteiger partial charge >= 0.3 is 5.97 Å². The lowest BCUT2D eigenvalue weighted by atomic mass is 10.3. The van der Waals surface area contributed by atoms with E-state index in [0.717, 1.165) is 0 Å². The molecule has 86 valence electrons. The molecular weight excluding hydrogens is 228 g/mol. The van der Waals surface area contributed by atoms with Crippen LogP contribution in [0.1, 0.15) is 28.7 Å². The zero-order valence-corrected chi connectivity index (χ0v) is 9.58. The highest BCUT2D eigenvalue weighted by Crippen LogP contribution is 2.15. The van der Waals surface area contributed by atoms with E-state index in [2.05, 4.69) is 10.3 Å². The van der Waals surface area contributed by atoms with Crippen molar-refractivity contribution in [2.24, 2.45) is 0 Å². The van der Waals surface area contributed by atoms with Gasteiger partial charge in [-0.2, -0.15) is 0 Å². The van der Waals surface area contributed by atoms with E-state index in [9.17, 15) is 9.59 Å². The number of carbonyl (C=O) groups is 2. The minimum absolute atomic E-state index is 0.0702. The van der Waals surface area contributed by atoms with Crippen LogP contribution in [0.25, 0.3) is 6.08 Å². The van der Waals surface area contributed by atoms with Gasteiger partial charge in [0.15, 0.2) is 5.69 Å². The highest BCUT2D eigenvalue weighted by atomic mass is 32.1. The fourth-order valence-electron chi connectivity index (χ4n) is 1.06. The molecule has 0 aliphatic rings. The Labute approximate surface area is 96.8 Å². The molecule has 0 spiro atoms. The number of aromatic carboxylic acids is 1. The number of nitrogens with one attached hydrogen (secondary N) is 1. The summed E-state index contributed by atoms with van der Waals surface area (Å²) in [6.45, 7) is 2.00. The Balaban J connectivity index is 2.47. The molecule has 0 aliphatic carbocycles. The molecule has 0 bridgehead atoms. The van der Waals surface area contributed by atoms with Crippen molar-refractivity contribution in [3.8, 4) is 0 Å². The lowest BCUT2D eigenvalue weighted by Crippen LogP contribution is -2.20. The van der Waals surface area contributed by atoms with Crippen LogP contribution in [0.4, 0.5) is 0 Å². The topological polar surface area (TPSA) is 79.3 Å². The van der Waals surface area contributed by atoms with Crippen LogP contribution < -0.4 is 5.32 Å². The maximum absolute atomic E-state index is 10.7. The Kier molecular flexibility index (Phi) is 4.65. The van der Waals surface area contributed by atoms with Gasteiger partial charge in [0, 0.05) is 13.5 Å². The summed E-state index contributed by atoms with van der Waals surface area (Å²) in [6.07, 6.45) is 4.19.